The van der Waals surface area contributed by atoms with Crippen LogP contribution in [0.25, 0.3) is 0 Å². The van der Waals surface area contributed by atoms with Crippen molar-refractivity contribution in [3.05, 3.63) is 18.2 Å². The van der Waals surface area contributed by atoms with Crippen molar-refractivity contribution in [2.75, 3.05) is 56.5 Å². The van der Waals surface area contributed by atoms with Crippen LogP contribution in [0, 0.1) is 5.92 Å². The van der Waals surface area contributed by atoms with E-state index in [2.05, 4.69) is 22.2 Å². The van der Waals surface area contributed by atoms with Gasteiger partial charge in [0.2, 0.25) is 15.9 Å². The molecule has 0 unspecified atom stereocenters. The third-order valence-corrected chi connectivity index (χ3v) is 7.82. The summed E-state index contributed by atoms with van der Waals surface area (Å²) in [5, 5.41) is 3.03. The van der Waals surface area contributed by atoms with Gasteiger partial charge in [0.1, 0.15) is 0 Å². The third kappa shape index (κ3) is 5.49. The quantitative estimate of drug-likeness (QED) is 0.660. The van der Waals surface area contributed by atoms with Gasteiger partial charge in [0.05, 0.1) is 16.3 Å². The Balaban J connectivity index is 2.44. The zero-order chi connectivity index (χ0) is 21.6. The molecule has 0 bridgehead atoms. The Bertz CT molecular complexity index is 781. The van der Waals surface area contributed by atoms with Crippen molar-refractivity contribution in [3.63, 3.8) is 0 Å². The molecule has 29 heavy (non-hydrogen) atoms. The van der Waals surface area contributed by atoms with E-state index in [0.717, 1.165) is 44.7 Å². The van der Waals surface area contributed by atoms with Crippen LogP contribution < -0.4 is 10.2 Å². The predicted octanol–water partition coefficient (Wildman–Crippen LogP) is 2.84. The number of carbonyl (C=O) groups is 1. The van der Waals surface area contributed by atoms with Crippen molar-refractivity contribution in [1.82, 2.24) is 9.21 Å². The lowest BCUT2D eigenvalue weighted by Gasteiger charge is -2.35. The van der Waals surface area contributed by atoms with Crippen molar-refractivity contribution in [1.29, 1.82) is 0 Å². The molecule has 0 saturated carbocycles. The lowest BCUT2D eigenvalue weighted by Crippen LogP contribution is -2.44. The first-order valence-electron chi connectivity index (χ1n) is 10.7. The number of hydrogen-bond donors (Lipinski definition) is 1. The fourth-order valence-electron chi connectivity index (χ4n) is 3.71. The average Bonchev–Trinajstić information content (AvgIpc) is 2.70. The molecule has 1 aliphatic rings. The maximum Gasteiger partial charge on any atom is 0.243 e. The molecular formula is C21H36N4O3S. The molecule has 0 spiro atoms. The van der Waals surface area contributed by atoms with E-state index in [-0.39, 0.29) is 16.7 Å². The molecule has 1 saturated heterocycles. The molecule has 1 aromatic rings. The fraction of sp³-hybridized carbons (Fsp3) is 0.667. The highest BCUT2D eigenvalue weighted by atomic mass is 32.2. The van der Waals surface area contributed by atoms with Gasteiger partial charge in [0, 0.05) is 45.2 Å². The Labute approximate surface area is 176 Å². The van der Waals surface area contributed by atoms with Crippen LogP contribution in [0.3, 0.4) is 0 Å². The van der Waals surface area contributed by atoms with Crippen LogP contribution in [0.15, 0.2) is 23.1 Å². The summed E-state index contributed by atoms with van der Waals surface area (Å²) in [4.78, 5) is 17.5. The fourth-order valence-corrected chi connectivity index (χ4v) is 5.19. The first kappa shape index (κ1) is 23.6. The Morgan fingerprint density at radius 1 is 1.07 bits per heavy atom. The van der Waals surface area contributed by atoms with Crippen LogP contribution in [0.5, 0.6) is 0 Å². The van der Waals surface area contributed by atoms with E-state index in [1.807, 2.05) is 33.8 Å². The highest BCUT2D eigenvalue weighted by molar-refractivity contribution is 7.89. The number of piperazine rings is 1. The number of carbonyl (C=O) groups excluding carboxylic acids is 1. The van der Waals surface area contributed by atoms with Crippen molar-refractivity contribution < 1.29 is 13.2 Å². The molecule has 1 heterocycles. The first-order valence-corrected chi connectivity index (χ1v) is 12.1. The molecular weight excluding hydrogens is 388 g/mol. The van der Waals surface area contributed by atoms with Gasteiger partial charge in [0.15, 0.2) is 0 Å². The number of benzene rings is 1. The minimum Gasteiger partial charge on any atom is -0.367 e. The summed E-state index contributed by atoms with van der Waals surface area (Å²) in [5.41, 5.74) is 1.47. The highest BCUT2D eigenvalue weighted by Crippen LogP contribution is 2.31. The molecule has 8 heteroatoms. The normalized spacial score (nSPS) is 15.9. The van der Waals surface area contributed by atoms with Crippen LogP contribution in [0.2, 0.25) is 0 Å². The summed E-state index contributed by atoms with van der Waals surface area (Å²) in [7, 11) is -1.50. The van der Waals surface area contributed by atoms with Gasteiger partial charge in [0.25, 0.3) is 0 Å². The molecule has 0 atom stereocenters. The Morgan fingerprint density at radius 2 is 1.66 bits per heavy atom. The summed E-state index contributed by atoms with van der Waals surface area (Å²) in [5.74, 6) is -0.138. The molecule has 1 fully saturated rings. The number of nitrogens with one attached hydrogen (secondary N) is 1. The lowest BCUT2D eigenvalue weighted by molar-refractivity contribution is -0.120. The minimum atomic E-state index is -3.59. The molecule has 1 amide bonds. The Kier molecular flexibility index (Phi) is 8.48. The van der Waals surface area contributed by atoms with Crippen LogP contribution in [-0.2, 0) is 14.8 Å². The van der Waals surface area contributed by atoms with Crippen LogP contribution in [0.1, 0.15) is 40.5 Å². The van der Waals surface area contributed by atoms with E-state index in [4.69, 9.17) is 0 Å². The summed E-state index contributed by atoms with van der Waals surface area (Å²) in [6, 6.07) is 5.12. The Morgan fingerprint density at radius 3 is 2.17 bits per heavy atom. The summed E-state index contributed by atoms with van der Waals surface area (Å²) < 4.78 is 27.4. The highest BCUT2D eigenvalue weighted by Gasteiger charge is 2.26. The molecule has 1 N–H and O–H groups in total. The van der Waals surface area contributed by atoms with Crippen molar-refractivity contribution in [2.45, 2.75) is 45.4 Å². The maximum atomic E-state index is 13.0. The molecule has 1 aliphatic heterocycles. The molecule has 1 aromatic carbocycles. The van der Waals surface area contributed by atoms with Crippen LogP contribution >= 0.6 is 0 Å². The molecule has 0 aromatic heterocycles. The van der Waals surface area contributed by atoms with E-state index >= 15 is 0 Å². The number of amides is 1. The second-order valence-corrected chi connectivity index (χ2v) is 9.50. The van der Waals surface area contributed by atoms with Gasteiger partial charge in [-0.25, -0.2) is 8.42 Å². The summed E-state index contributed by atoms with van der Waals surface area (Å²) in [6.45, 7) is 12.0. The zero-order valence-corrected chi connectivity index (χ0v) is 19.3. The minimum absolute atomic E-state index is 0.0530. The number of hydrogen-bond acceptors (Lipinski definition) is 5. The molecule has 7 nitrogen and oxygen atoms in total. The SMILES string of the molecule is CCC(CC)C(=O)Nc1cc(S(=O)(=O)N(CC)CC)ccc1N1CCN(C)CC1. The lowest BCUT2D eigenvalue weighted by atomic mass is 10.0. The van der Waals surface area contributed by atoms with Crippen molar-refractivity contribution in [3.8, 4) is 0 Å². The smallest absolute Gasteiger partial charge is 0.243 e. The van der Waals surface area contributed by atoms with Crippen LogP contribution in [0.4, 0.5) is 11.4 Å². The van der Waals surface area contributed by atoms with Gasteiger partial charge >= 0.3 is 0 Å². The second-order valence-electron chi connectivity index (χ2n) is 7.56. The van der Waals surface area contributed by atoms with Gasteiger partial charge in [-0.05, 0) is 38.1 Å². The molecule has 0 aliphatic carbocycles. The van der Waals surface area contributed by atoms with Gasteiger partial charge in [-0.2, -0.15) is 4.31 Å². The maximum absolute atomic E-state index is 13.0. The standard InChI is InChI=1S/C21H36N4O3S/c1-6-17(7-2)21(26)22-19-16-18(29(27,28)25(8-3)9-4)10-11-20(19)24-14-12-23(5)13-15-24/h10-11,16-17H,6-9,12-15H2,1-5H3,(H,22,26). The largest absolute Gasteiger partial charge is 0.367 e. The second kappa shape index (κ2) is 10.4. The van der Waals surface area contributed by atoms with E-state index in [0.29, 0.717) is 18.8 Å². The molecule has 2 rings (SSSR count). The zero-order valence-electron chi connectivity index (χ0n) is 18.4. The van der Waals surface area contributed by atoms with E-state index in [1.54, 1.807) is 12.1 Å². The monoisotopic (exact) mass is 424 g/mol. The van der Waals surface area contributed by atoms with Gasteiger partial charge in [-0.1, -0.05) is 27.7 Å². The topological polar surface area (TPSA) is 73.0 Å². The number of likely N-dealkylation sites (N-methyl/N-ethyl adjacent to an activating group) is 1. The third-order valence-electron chi connectivity index (χ3n) is 5.77. The molecule has 164 valence electrons. The van der Waals surface area contributed by atoms with Crippen molar-refractivity contribution >= 4 is 27.3 Å². The number of rotatable bonds is 9. The number of sulfonamides is 1. The summed E-state index contributed by atoms with van der Waals surface area (Å²) >= 11 is 0. The average molecular weight is 425 g/mol. The number of nitrogens with zero attached hydrogens (tertiary/aromatic N) is 3. The van der Waals surface area contributed by atoms with Gasteiger partial charge in [-0.15, -0.1) is 0 Å². The van der Waals surface area contributed by atoms with Crippen LogP contribution in [-0.4, -0.2) is 69.8 Å². The summed E-state index contributed by atoms with van der Waals surface area (Å²) in [6.07, 6.45) is 1.51. The van der Waals surface area contributed by atoms with Gasteiger partial charge < -0.3 is 15.1 Å². The molecule has 0 radical (unpaired) electrons. The van der Waals surface area contributed by atoms with Gasteiger partial charge in [-0.3, -0.25) is 4.79 Å². The Hall–Kier alpha value is -1.64. The number of anilines is 2. The first-order chi connectivity index (χ1) is 13.8. The predicted molar refractivity (Wildman–Crippen MR) is 119 cm³/mol. The van der Waals surface area contributed by atoms with E-state index in [1.165, 1.54) is 4.31 Å². The van der Waals surface area contributed by atoms with E-state index in [9.17, 15) is 13.2 Å². The van der Waals surface area contributed by atoms with E-state index < -0.39 is 10.0 Å². The van der Waals surface area contributed by atoms with Crippen molar-refractivity contribution in [2.24, 2.45) is 5.92 Å².